The van der Waals surface area contributed by atoms with E-state index in [1.54, 1.807) is 12.4 Å². The molecule has 0 saturated carbocycles. The van der Waals surface area contributed by atoms with Crippen molar-refractivity contribution in [1.29, 1.82) is 0 Å². The van der Waals surface area contributed by atoms with Gasteiger partial charge in [0, 0.05) is 52.9 Å². The number of hydrogen-bond donors (Lipinski definition) is 1. The van der Waals surface area contributed by atoms with E-state index in [2.05, 4.69) is 93.5 Å². The second-order valence-electron chi connectivity index (χ2n) is 6.15. The van der Waals surface area contributed by atoms with E-state index in [1.807, 2.05) is 0 Å². The minimum Gasteiger partial charge on any atom is -0.257 e. The van der Waals surface area contributed by atoms with Crippen molar-refractivity contribution < 1.29 is 0 Å². The van der Waals surface area contributed by atoms with Crippen LogP contribution >= 0.6 is 22.9 Å². The quantitative estimate of drug-likeness (QED) is 0.459. The van der Waals surface area contributed by atoms with E-state index < -0.39 is 0 Å². The molecule has 0 atom stereocenters. The first-order valence-corrected chi connectivity index (χ1v) is 8.99. The van der Waals surface area contributed by atoms with Gasteiger partial charge in [0.05, 0.1) is 11.4 Å². The fraction of sp³-hybridized carbons (Fsp3) is 0.200. The molecule has 0 aliphatic heterocycles. The molecule has 0 fully saturated rings. The van der Waals surface area contributed by atoms with Gasteiger partial charge in [0.2, 0.25) is 0 Å². The highest BCUT2D eigenvalue weighted by molar-refractivity contribution is 14.1. The van der Waals surface area contributed by atoms with Crippen molar-refractivity contribution in [3.05, 3.63) is 71.0 Å². The Kier molecular flexibility index (Phi) is 5.26. The highest BCUT2D eigenvalue weighted by Crippen LogP contribution is 2.30. The standard InChI is InChI=1S/C20H20IN3/c1-13-6-14(2)9-17(8-13)19-20(23-5-4-22-19)18-10-15(3)7-16(11-18)12-24-21/h4-11,24H,12H2,1-3H3. The third-order valence-corrected chi connectivity index (χ3v) is 4.26. The van der Waals surface area contributed by atoms with Crippen LogP contribution in [0, 0.1) is 20.8 Å². The summed E-state index contributed by atoms with van der Waals surface area (Å²) < 4.78 is 3.19. The fourth-order valence-corrected chi connectivity index (χ4v) is 3.49. The van der Waals surface area contributed by atoms with Crippen LogP contribution in [0.2, 0.25) is 0 Å². The molecule has 0 bridgehead atoms. The van der Waals surface area contributed by atoms with Gasteiger partial charge in [-0.15, -0.1) is 0 Å². The molecule has 1 heterocycles. The van der Waals surface area contributed by atoms with Crippen LogP contribution in [0.4, 0.5) is 0 Å². The van der Waals surface area contributed by atoms with Crippen molar-refractivity contribution in [2.45, 2.75) is 27.3 Å². The second-order valence-corrected chi connectivity index (χ2v) is 6.91. The maximum atomic E-state index is 4.64. The number of aryl methyl sites for hydroxylation is 3. The van der Waals surface area contributed by atoms with E-state index in [-0.39, 0.29) is 0 Å². The molecule has 0 amide bonds. The van der Waals surface area contributed by atoms with Gasteiger partial charge >= 0.3 is 0 Å². The van der Waals surface area contributed by atoms with Gasteiger partial charge < -0.3 is 0 Å². The molecule has 0 aliphatic carbocycles. The number of halogens is 1. The molecule has 24 heavy (non-hydrogen) atoms. The number of rotatable bonds is 4. The van der Waals surface area contributed by atoms with Crippen molar-refractivity contribution in [3.63, 3.8) is 0 Å². The molecule has 1 aromatic heterocycles. The zero-order chi connectivity index (χ0) is 17.1. The lowest BCUT2D eigenvalue weighted by Gasteiger charge is -2.12. The molecule has 1 N–H and O–H groups in total. The summed E-state index contributed by atoms with van der Waals surface area (Å²) in [6.07, 6.45) is 3.53. The summed E-state index contributed by atoms with van der Waals surface area (Å²) in [5.74, 6) is 0. The highest BCUT2D eigenvalue weighted by Gasteiger charge is 2.12. The van der Waals surface area contributed by atoms with Crippen molar-refractivity contribution in [2.24, 2.45) is 0 Å². The van der Waals surface area contributed by atoms with Gasteiger partial charge in [-0.05, 0) is 50.6 Å². The summed E-state index contributed by atoms with van der Waals surface area (Å²) in [4.78, 5) is 9.28. The van der Waals surface area contributed by atoms with Crippen LogP contribution in [0.25, 0.3) is 22.5 Å². The van der Waals surface area contributed by atoms with Crippen LogP contribution in [0.3, 0.4) is 0 Å². The zero-order valence-corrected chi connectivity index (χ0v) is 16.3. The number of nitrogens with zero attached hydrogens (tertiary/aromatic N) is 2. The Morgan fingerprint density at radius 1 is 0.750 bits per heavy atom. The molecule has 0 spiro atoms. The molecule has 122 valence electrons. The normalized spacial score (nSPS) is 10.8. The minimum absolute atomic E-state index is 0.828. The Bertz CT molecular complexity index is 854. The summed E-state index contributed by atoms with van der Waals surface area (Å²) >= 11 is 2.17. The molecule has 0 saturated heterocycles. The maximum Gasteiger partial charge on any atom is 0.0965 e. The molecule has 0 aliphatic rings. The third kappa shape index (κ3) is 3.82. The van der Waals surface area contributed by atoms with Gasteiger partial charge in [-0.25, -0.2) is 0 Å². The first-order valence-electron chi connectivity index (χ1n) is 7.91. The molecule has 3 rings (SSSR count). The van der Waals surface area contributed by atoms with Crippen LogP contribution in [0.1, 0.15) is 22.3 Å². The van der Waals surface area contributed by atoms with Gasteiger partial charge in [-0.3, -0.25) is 13.5 Å². The third-order valence-electron chi connectivity index (χ3n) is 3.87. The largest absolute Gasteiger partial charge is 0.257 e. The summed E-state index contributed by atoms with van der Waals surface area (Å²) in [5, 5.41) is 0. The number of nitrogens with one attached hydrogen (secondary N) is 1. The van der Waals surface area contributed by atoms with Crippen molar-refractivity contribution in [2.75, 3.05) is 0 Å². The van der Waals surface area contributed by atoms with Gasteiger partial charge in [-0.1, -0.05) is 28.8 Å². The molecule has 2 aromatic carbocycles. The number of benzene rings is 2. The van der Waals surface area contributed by atoms with Crippen molar-refractivity contribution in [3.8, 4) is 22.5 Å². The predicted molar refractivity (Wildman–Crippen MR) is 108 cm³/mol. The summed E-state index contributed by atoms with van der Waals surface area (Å²) in [7, 11) is 0. The van der Waals surface area contributed by atoms with Crippen molar-refractivity contribution in [1.82, 2.24) is 13.5 Å². The Labute approximate surface area is 157 Å². The number of aromatic nitrogens is 2. The Hall–Kier alpha value is -1.79. The fourth-order valence-electron chi connectivity index (χ4n) is 3.05. The average molecular weight is 429 g/mol. The van der Waals surface area contributed by atoms with E-state index in [1.165, 1.54) is 22.3 Å². The molecule has 3 aromatic rings. The van der Waals surface area contributed by atoms with Crippen LogP contribution in [-0.4, -0.2) is 9.97 Å². The molecule has 4 heteroatoms. The van der Waals surface area contributed by atoms with E-state index in [0.717, 1.165) is 29.1 Å². The van der Waals surface area contributed by atoms with Crippen LogP contribution in [0.15, 0.2) is 48.8 Å². The zero-order valence-electron chi connectivity index (χ0n) is 14.1. The van der Waals surface area contributed by atoms with E-state index >= 15 is 0 Å². The summed E-state index contributed by atoms with van der Waals surface area (Å²) in [6.45, 7) is 7.17. The second kappa shape index (κ2) is 7.40. The molecule has 3 nitrogen and oxygen atoms in total. The van der Waals surface area contributed by atoms with Crippen LogP contribution in [0.5, 0.6) is 0 Å². The Morgan fingerprint density at radius 2 is 1.25 bits per heavy atom. The topological polar surface area (TPSA) is 37.8 Å². The maximum absolute atomic E-state index is 4.64. The van der Waals surface area contributed by atoms with Crippen molar-refractivity contribution >= 4 is 22.9 Å². The molecular formula is C20H20IN3. The lowest BCUT2D eigenvalue weighted by Crippen LogP contribution is -1.99. The summed E-state index contributed by atoms with van der Waals surface area (Å²) in [5.41, 5.74) is 9.04. The lowest BCUT2D eigenvalue weighted by atomic mass is 9.98. The average Bonchev–Trinajstić information content (AvgIpc) is 2.54. The van der Waals surface area contributed by atoms with E-state index in [0.29, 0.717) is 0 Å². The first kappa shape index (κ1) is 17.0. The monoisotopic (exact) mass is 429 g/mol. The van der Waals surface area contributed by atoms with Gasteiger partial charge in [0.25, 0.3) is 0 Å². The summed E-state index contributed by atoms with van der Waals surface area (Å²) in [6, 6.07) is 13.1. The predicted octanol–water partition coefficient (Wildman–Crippen LogP) is 5.18. The van der Waals surface area contributed by atoms with Crippen LogP contribution in [-0.2, 0) is 6.54 Å². The molecule has 0 unspecified atom stereocenters. The first-order chi connectivity index (χ1) is 11.6. The molecular weight excluding hydrogens is 409 g/mol. The molecule has 0 radical (unpaired) electrons. The van der Waals surface area contributed by atoms with Gasteiger partial charge in [0.15, 0.2) is 0 Å². The Balaban J connectivity index is 2.16. The lowest BCUT2D eigenvalue weighted by molar-refractivity contribution is 1.01. The van der Waals surface area contributed by atoms with Gasteiger partial charge in [0.1, 0.15) is 0 Å². The van der Waals surface area contributed by atoms with E-state index in [9.17, 15) is 0 Å². The van der Waals surface area contributed by atoms with Gasteiger partial charge in [-0.2, -0.15) is 0 Å². The smallest absolute Gasteiger partial charge is 0.0965 e. The highest BCUT2D eigenvalue weighted by atomic mass is 127. The SMILES string of the molecule is Cc1cc(C)cc(-c2nccnc2-c2cc(C)cc(CNI)c2)c1. The van der Waals surface area contributed by atoms with Crippen LogP contribution < -0.4 is 3.53 Å². The Morgan fingerprint density at radius 3 is 1.79 bits per heavy atom. The minimum atomic E-state index is 0.828. The number of hydrogen-bond acceptors (Lipinski definition) is 3. The van der Waals surface area contributed by atoms with E-state index in [4.69, 9.17) is 0 Å².